The molecule has 2 N–H and O–H groups in total. The van der Waals surface area contributed by atoms with E-state index in [0.29, 0.717) is 18.1 Å². The number of anilines is 1. The van der Waals surface area contributed by atoms with Crippen LogP contribution in [-0.2, 0) is 19.4 Å². The van der Waals surface area contributed by atoms with Crippen LogP contribution in [0.25, 0.3) is 0 Å². The molecule has 0 unspecified atom stereocenters. The summed E-state index contributed by atoms with van der Waals surface area (Å²) in [6, 6.07) is 0. The molecule has 134 valence electrons. The molecule has 1 aliphatic rings. The number of nitrogens with zero attached hydrogens (tertiary/aromatic N) is 2. The van der Waals surface area contributed by atoms with Gasteiger partial charge in [-0.15, -0.1) is 11.3 Å². The zero-order valence-electron chi connectivity index (χ0n) is 14.8. The minimum atomic E-state index is -0.595. The smallest absolute Gasteiger partial charge is 0.267 e. The van der Waals surface area contributed by atoms with Crippen LogP contribution in [0.2, 0.25) is 0 Å². The second kappa shape index (κ2) is 7.00. The van der Waals surface area contributed by atoms with Crippen molar-refractivity contribution in [3.05, 3.63) is 38.2 Å². The van der Waals surface area contributed by atoms with Crippen LogP contribution in [0.3, 0.4) is 0 Å². The van der Waals surface area contributed by atoms with Gasteiger partial charge in [0.25, 0.3) is 11.5 Å². The van der Waals surface area contributed by atoms with E-state index in [1.165, 1.54) is 11.3 Å². The van der Waals surface area contributed by atoms with Gasteiger partial charge in [0.1, 0.15) is 11.3 Å². The Morgan fingerprint density at radius 1 is 1.40 bits per heavy atom. The first-order chi connectivity index (χ1) is 11.9. The molecular weight excluding hydrogens is 338 g/mol. The lowest BCUT2D eigenvalue weighted by Gasteiger charge is -2.24. The molecule has 0 atom stereocenters. The maximum atomic E-state index is 13.0. The number of carbonyl (C=O) groups excluding carboxylic acids is 1. The highest BCUT2D eigenvalue weighted by Gasteiger charge is 2.27. The van der Waals surface area contributed by atoms with E-state index in [-0.39, 0.29) is 17.2 Å². The molecule has 0 spiro atoms. The molecule has 0 aromatic carbocycles. The minimum absolute atomic E-state index is 0.162. The topological polar surface area (TPSA) is 84.2 Å². The largest absolute Gasteiger partial charge is 0.507 e. The molecule has 2 aromatic heterocycles. The Balaban J connectivity index is 2.09. The van der Waals surface area contributed by atoms with E-state index in [2.05, 4.69) is 10.3 Å². The average molecular weight is 361 g/mol. The van der Waals surface area contributed by atoms with E-state index >= 15 is 0 Å². The SMILES string of the molecule is Cc1cnc(NC(=O)c2c(O)c3c(n(CC(C)C)c2=O)CCCC3)s1. The number of fused-ring (bicyclic) bond motifs is 1. The average Bonchev–Trinajstić information content (AvgIpc) is 2.96. The van der Waals surface area contributed by atoms with Crippen molar-refractivity contribution in [2.45, 2.75) is 53.0 Å². The fraction of sp³-hybridized carbons (Fsp3) is 0.500. The monoisotopic (exact) mass is 361 g/mol. The van der Waals surface area contributed by atoms with Crippen molar-refractivity contribution in [3.8, 4) is 5.75 Å². The Morgan fingerprint density at radius 3 is 2.76 bits per heavy atom. The normalized spacial score (nSPS) is 13.8. The van der Waals surface area contributed by atoms with Crippen molar-refractivity contribution in [2.24, 2.45) is 5.92 Å². The number of aromatic nitrogens is 2. The maximum Gasteiger partial charge on any atom is 0.267 e. The van der Waals surface area contributed by atoms with Crippen molar-refractivity contribution < 1.29 is 9.90 Å². The summed E-state index contributed by atoms with van der Waals surface area (Å²) < 4.78 is 1.68. The van der Waals surface area contributed by atoms with Gasteiger partial charge in [0.15, 0.2) is 5.13 Å². The van der Waals surface area contributed by atoms with E-state index in [0.717, 1.165) is 35.4 Å². The van der Waals surface area contributed by atoms with Crippen LogP contribution >= 0.6 is 11.3 Å². The first-order valence-corrected chi connectivity index (χ1v) is 9.41. The van der Waals surface area contributed by atoms with E-state index in [4.69, 9.17) is 0 Å². The Bertz CT molecular complexity index is 867. The fourth-order valence-corrected chi connectivity index (χ4v) is 3.95. The Labute approximate surface area is 150 Å². The highest BCUT2D eigenvalue weighted by atomic mass is 32.1. The summed E-state index contributed by atoms with van der Waals surface area (Å²) in [7, 11) is 0. The quantitative estimate of drug-likeness (QED) is 0.876. The lowest BCUT2D eigenvalue weighted by Crippen LogP contribution is -2.34. The predicted octanol–water partition coefficient (Wildman–Crippen LogP) is 3.11. The molecule has 1 aliphatic carbocycles. The molecule has 2 heterocycles. The molecule has 25 heavy (non-hydrogen) atoms. The Morgan fingerprint density at radius 2 is 2.12 bits per heavy atom. The number of aryl methyl sites for hydroxylation is 1. The van der Waals surface area contributed by atoms with Gasteiger partial charge in [0, 0.05) is 28.9 Å². The number of nitrogens with one attached hydrogen (secondary N) is 1. The summed E-state index contributed by atoms with van der Waals surface area (Å²) in [6.07, 6.45) is 5.06. The van der Waals surface area contributed by atoms with Gasteiger partial charge in [-0.05, 0) is 38.5 Å². The molecule has 3 rings (SSSR count). The number of thiazole rings is 1. The van der Waals surface area contributed by atoms with Crippen LogP contribution in [0.5, 0.6) is 5.75 Å². The third-order valence-corrected chi connectivity index (χ3v) is 5.19. The second-order valence-corrected chi connectivity index (χ2v) is 8.13. The summed E-state index contributed by atoms with van der Waals surface area (Å²) >= 11 is 1.33. The summed E-state index contributed by atoms with van der Waals surface area (Å²) in [5.41, 5.74) is 1.03. The standard InChI is InChI=1S/C18H23N3O3S/c1-10(2)9-21-13-7-5-4-6-12(13)15(22)14(17(21)24)16(23)20-18-19-8-11(3)25-18/h8,10,22H,4-7,9H2,1-3H3,(H,19,20,23). The van der Waals surface area contributed by atoms with Gasteiger partial charge in [0.2, 0.25) is 0 Å². The fourth-order valence-electron chi connectivity index (χ4n) is 3.29. The first kappa shape index (κ1) is 17.7. The highest BCUT2D eigenvalue weighted by molar-refractivity contribution is 7.15. The van der Waals surface area contributed by atoms with Crippen LogP contribution < -0.4 is 10.9 Å². The van der Waals surface area contributed by atoms with Crippen LogP contribution in [0.4, 0.5) is 5.13 Å². The summed E-state index contributed by atoms with van der Waals surface area (Å²) in [5, 5.41) is 13.7. The number of carbonyl (C=O) groups is 1. The van der Waals surface area contributed by atoms with Crippen LogP contribution in [0, 0.1) is 12.8 Å². The Hall–Kier alpha value is -2.15. The van der Waals surface area contributed by atoms with Gasteiger partial charge in [-0.25, -0.2) is 4.98 Å². The number of amides is 1. The van der Waals surface area contributed by atoms with Gasteiger partial charge < -0.3 is 9.67 Å². The van der Waals surface area contributed by atoms with Crippen LogP contribution in [0.1, 0.15) is 53.2 Å². The van der Waals surface area contributed by atoms with Crippen molar-refractivity contribution in [1.82, 2.24) is 9.55 Å². The zero-order chi connectivity index (χ0) is 18.1. The molecule has 0 saturated heterocycles. The molecule has 0 aliphatic heterocycles. The van der Waals surface area contributed by atoms with Crippen LogP contribution in [0.15, 0.2) is 11.0 Å². The zero-order valence-corrected chi connectivity index (χ0v) is 15.6. The van der Waals surface area contributed by atoms with Gasteiger partial charge in [-0.3, -0.25) is 14.9 Å². The maximum absolute atomic E-state index is 13.0. The number of hydrogen-bond acceptors (Lipinski definition) is 5. The molecule has 0 bridgehead atoms. The summed E-state index contributed by atoms with van der Waals surface area (Å²) in [5.74, 6) is -0.487. The van der Waals surface area contributed by atoms with Gasteiger partial charge in [0.05, 0.1) is 0 Å². The van der Waals surface area contributed by atoms with Gasteiger partial charge in [-0.1, -0.05) is 13.8 Å². The third kappa shape index (κ3) is 3.46. The highest BCUT2D eigenvalue weighted by Crippen LogP contribution is 2.31. The van der Waals surface area contributed by atoms with Crippen molar-refractivity contribution in [1.29, 1.82) is 0 Å². The Kier molecular flexibility index (Phi) is 4.94. The van der Waals surface area contributed by atoms with E-state index in [9.17, 15) is 14.7 Å². The number of aromatic hydroxyl groups is 1. The summed E-state index contributed by atoms with van der Waals surface area (Å²) in [6.45, 7) is 6.50. The lowest BCUT2D eigenvalue weighted by molar-refractivity contribution is 0.102. The van der Waals surface area contributed by atoms with Crippen molar-refractivity contribution in [3.63, 3.8) is 0 Å². The number of hydrogen-bond donors (Lipinski definition) is 2. The molecule has 0 saturated carbocycles. The minimum Gasteiger partial charge on any atom is -0.507 e. The molecule has 0 radical (unpaired) electrons. The van der Waals surface area contributed by atoms with E-state index < -0.39 is 11.5 Å². The number of rotatable bonds is 4. The number of pyridine rings is 1. The van der Waals surface area contributed by atoms with E-state index in [1.54, 1.807) is 10.8 Å². The molecule has 6 nitrogen and oxygen atoms in total. The predicted molar refractivity (Wildman–Crippen MR) is 98.7 cm³/mol. The summed E-state index contributed by atoms with van der Waals surface area (Å²) in [4.78, 5) is 30.7. The lowest BCUT2D eigenvalue weighted by atomic mass is 9.92. The molecule has 0 fully saturated rings. The second-order valence-electron chi connectivity index (χ2n) is 6.90. The third-order valence-electron chi connectivity index (χ3n) is 4.36. The molecule has 1 amide bonds. The van der Waals surface area contributed by atoms with Gasteiger partial charge >= 0.3 is 0 Å². The van der Waals surface area contributed by atoms with E-state index in [1.807, 2.05) is 20.8 Å². The van der Waals surface area contributed by atoms with Crippen molar-refractivity contribution in [2.75, 3.05) is 5.32 Å². The molecular formula is C18H23N3O3S. The molecule has 2 aromatic rings. The van der Waals surface area contributed by atoms with Crippen LogP contribution in [-0.4, -0.2) is 20.6 Å². The first-order valence-electron chi connectivity index (χ1n) is 8.59. The van der Waals surface area contributed by atoms with Gasteiger partial charge in [-0.2, -0.15) is 0 Å². The van der Waals surface area contributed by atoms with Crippen molar-refractivity contribution >= 4 is 22.4 Å². The molecule has 7 heteroatoms.